The zero-order valence-corrected chi connectivity index (χ0v) is 9.59. The normalized spacial score (nSPS) is 42.6. The summed E-state index contributed by atoms with van der Waals surface area (Å²) in [5.74, 6) is 1.33. The average Bonchev–Trinajstić information content (AvgIpc) is 2.55. The lowest BCUT2D eigenvalue weighted by Gasteiger charge is -2.37. The number of likely N-dealkylation sites (tertiary alicyclic amines) is 1. The number of rotatable bonds is 3. The van der Waals surface area contributed by atoms with Gasteiger partial charge in [-0.25, -0.2) is 0 Å². The van der Waals surface area contributed by atoms with Crippen LogP contribution in [0.5, 0.6) is 0 Å². The summed E-state index contributed by atoms with van der Waals surface area (Å²) in [5, 5.41) is 0. The molecule has 1 saturated carbocycles. The molecule has 3 nitrogen and oxygen atoms in total. The van der Waals surface area contributed by atoms with Crippen molar-refractivity contribution in [3.05, 3.63) is 0 Å². The van der Waals surface area contributed by atoms with Crippen LogP contribution in [0.4, 0.5) is 0 Å². The van der Waals surface area contributed by atoms with Crippen molar-refractivity contribution < 1.29 is 0 Å². The Hall–Kier alpha value is -0.120. The number of hydrogen-bond acceptors (Lipinski definition) is 3. The van der Waals surface area contributed by atoms with Gasteiger partial charge in [-0.2, -0.15) is 0 Å². The van der Waals surface area contributed by atoms with E-state index in [4.69, 9.17) is 11.5 Å². The highest BCUT2D eigenvalue weighted by Crippen LogP contribution is 2.54. The fourth-order valence-corrected chi connectivity index (χ4v) is 2.79. The Kier molecular flexibility index (Phi) is 2.18. The Labute approximate surface area is 86.8 Å². The Balaban J connectivity index is 1.96. The number of piperidine rings is 1. The number of fused-ring (bicyclic) bond motifs is 1. The summed E-state index contributed by atoms with van der Waals surface area (Å²) >= 11 is 0. The van der Waals surface area contributed by atoms with Crippen LogP contribution in [0, 0.1) is 11.8 Å². The van der Waals surface area contributed by atoms with Crippen LogP contribution in [0.25, 0.3) is 0 Å². The molecule has 1 aliphatic carbocycles. The van der Waals surface area contributed by atoms with E-state index in [1.165, 1.54) is 6.42 Å². The van der Waals surface area contributed by atoms with E-state index in [-0.39, 0.29) is 5.54 Å². The molecule has 0 bridgehead atoms. The van der Waals surface area contributed by atoms with Crippen LogP contribution in [0.15, 0.2) is 0 Å². The predicted molar refractivity (Wildman–Crippen MR) is 58.9 cm³/mol. The molecule has 0 spiro atoms. The van der Waals surface area contributed by atoms with Crippen molar-refractivity contribution in [3.63, 3.8) is 0 Å². The molecular weight excluding hydrogens is 174 g/mol. The summed E-state index contributed by atoms with van der Waals surface area (Å²) in [6.45, 7) is 9.85. The molecule has 1 heterocycles. The Morgan fingerprint density at radius 3 is 2.21 bits per heavy atom. The minimum Gasteiger partial charge on any atom is -0.329 e. The van der Waals surface area contributed by atoms with E-state index >= 15 is 0 Å². The third-order valence-electron chi connectivity index (χ3n) is 4.67. The van der Waals surface area contributed by atoms with Crippen LogP contribution in [0.1, 0.15) is 27.2 Å². The third kappa shape index (κ3) is 1.23. The smallest absolute Gasteiger partial charge is 0.0368 e. The van der Waals surface area contributed by atoms with Crippen LogP contribution < -0.4 is 11.5 Å². The van der Waals surface area contributed by atoms with Crippen molar-refractivity contribution in [1.82, 2.24) is 4.90 Å². The molecule has 0 amide bonds. The van der Waals surface area contributed by atoms with Gasteiger partial charge in [0.2, 0.25) is 0 Å². The number of nitrogens with two attached hydrogens (primary N) is 2. The molecule has 14 heavy (non-hydrogen) atoms. The lowest BCUT2D eigenvalue weighted by Crippen LogP contribution is -2.49. The Morgan fingerprint density at radius 2 is 1.86 bits per heavy atom. The Morgan fingerprint density at radius 1 is 1.36 bits per heavy atom. The second-order valence-corrected chi connectivity index (χ2v) is 5.60. The summed E-state index contributed by atoms with van der Waals surface area (Å²) in [4.78, 5) is 2.57. The van der Waals surface area contributed by atoms with Gasteiger partial charge in [0.15, 0.2) is 0 Å². The number of nitrogens with zero attached hydrogens (tertiary/aromatic N) is 1. The quantitative estimate of drug-likeness (QED) is 0.688. The van der Waals surface area contributed by atoms with Gasteiger partial charge in [0.1, 0.15) is 0 Å². The summed E-state index contributed by atoms with van der Waals surface area (Å²) in [7, 11) is 0. The first-order valence-electron chi connectivity index (χ1n) is 5.69. The average molecular weight is 197 g/mol. The minimum absolute atomic E-state index is 0.0136. The van der Waals surface area contributed by atoms with Gasteiger partial charge in [0.25, 0.3) is 0 Å². The van der Waals surface area contributed by atoms with E-state index in [1.54, 1.807) is 0 Å². The van der Waals surface area contributed by atoms with E-state index < -0.39 is 0 Å². The maximum atomic E-state index is 6.19. The van der Waals surface area contributed by atoms with Gasteiger partial charge < -0.3 is 11.5 Å². The molecule has 2 aliphatic rings. The van der Waals surface area contributed by atoms with Gasteiger partial charge in [-0.1, -0.05) is 6.92 Å². The zero-order valence-electron chi connectivity index (χ0n) is 9.59. The summed E-state index contributed by atoms with van der Waals surface area (Å²) < 4.78 is 0. The monoisotopic (exact) mass is 197 g/mol. The molecule has 1 aliphatic heterocycles. The topological polar surface area (TPSA) is 55.3 Å². The molecule has 0 radical (unpaired) electrons. The van der Waals surface area contributed by atoms with E-state index in [0.717, 1.165) is 13.1 Å². The molecule has 0 aromatic heterocycles. The van der Waals surface area contributed by atoms with Crippen molar-refractivity contribution in [2.45, 2.75) is 38.3 Å². The highest BCUT2D eigenvalue weighted by atomic mass is 15.3. The van der Waals surface area contributed by atoms with Crippen LogP contribution in [-0.4, -0.2) is 35.6 Å². The van der Waals surface area contributed by atoms with Crippen LogP contribution >= 0.6 is 0 Å². The highest BCUT2D eigenvalue weighted by Gasteiger charge is 2.66. The van der Waals surface area contributed by atoms with Gasteiger partial charge in [-0.3, -0.25) is 4.90 Å². The van der Waals surface area contributed by atoms with Gasteiger partial charge in [0, 0.05) is 30.7 Å². The second kappa shape index (κ2) is 2.94. The fraction of sp³-hybridized carbons (Fsp3) is 1.00. The molecule has 2 rings (SSSR count). The highest BCUT2D eigenvalue weighted by molar-refractivity contribution is 5.22. The summed E-state index contributed by atoms with van der Waals surface area (Å²) in [5.41, 5.74) is 12.2. The molecule has 2 fully saturated rings. The minimum atomic E-state index is -0.0136. The lowest BCUT2D eigenvalue weighted by molar-refractivity contribution is 0.122. The van der Waals surface area contributed by atoms with Gasteiger partial charge in [-0.15, -0.1) is 0 Å². The molecule has 1 saturated heterocycles. The molecule has 3 heteroatoms. The van der Waals surface area contributed by atoms with Crippen LogP contribution in [0.2, 0.25) is 0 Å². The first-order chi connectivity index (χ1) is 6.45. The van der Waals surface area contributed by atoms with E-state index in [1.807, 2.05) is 0 Å². The predicted octanol–water partition coefficient (Wildman–Crippen LogP) is 0.393. The lowest BCUT2D eigenvalue weighted by atomic mass is 9.98. The van der Waals surface area contributed by atoms with Gasteiger partial charge in [-0.05, 0) is 32.1 Å². The SMILES string of the molecule is CCC(C)(C)N1C[C@@H]2[C@H](C1)[C@@]2(N)CN. The molecule has 0 aromatic rings. The van der Waals surface area contributed by atoms with Gasteiger partial charge in [0.05, 0.1) is 0 Å². The zero-order chi connectivity index (χ0) is 10.6. The first kappa shape index (κ1) is 10.4. The van der Waals surface area contributed by atoms with Crippen molar-refractivity contribution in [2.75, 3.05) is 19.6 Å². The maximum absolute atomic E-state index is 6.19. The second-order valence-electron chi connectivity index (χ2n) is 5.60. The van der Waals surface area contributed by atoms with Gasteiger partial charge >= 0.3 is 0 Å². The van der Waals surface area contributed by atoms with E-state index in [0.29, 0.717) is 23.9 Å². The molecule has 3 atom stereocenters. The summed E-state index contributed by atoms with van der Waals surface area (Å²) in [6, 6.07) is 0. The molecule has 0 unspecified atom stereocenters. The van der Waals surface area contributed by atoms with Crippen LogP contribution in [0.3, 0.4) is 0 Å². The summed E-state index contributed by atoms with van der Waals surface area (Å²) in [6.07, 6.45) is 1.20. The molecular formula is C11H23N3. The first-order valence-corrected chi connectivity index (χ1v) is 5.69. The molecule has 4 N–H and O–H groups in total. The standard InChI is InChI=1S/C11H23N3/c1-4-10(2,3)14-5-8-9(6-14)11(8,13)7-12/h8-9H,4-7,12-13H2,1-3H3/t8-,9+,11-. The molecule has 82 valence electrons. The van der Waals surface area contributed by atoms with Crippen molar-refractivity contribution >= 4 is 0 Å². The molecule has 0 aromatic carbocycles. The van der Waals surface area contributed by atoms with Crippen molar-refractivity contribution in [1.29, 1.82) is 0 Å². The third-order valence-corrected chi connectivity index (χ3v) is 4.67. The van der Waals surface area contributed by atoms with E-state index in [2.05, 4.69) is 25.7 Å². The largest absolute Gasteiger partial charge is 0.329 e. The fourth-order valence-electron chi connectivity index (χ4n) is 2.79. The van der Waals surface area contributed by atoms with Crippen LogP contribution in [-0.2, 0) is 0 Å². The number of hydrogen-bond donors (Lipinski definition) is 2. The van der Waals surface area contributed by atoms with E-state index in [9.17, 15) is 0 Å². The maximum Gasteiger partial charge on any atom is 0.0368 e. The Bertz CT molecular complexity index is 225. The van der Waals surface area contributed by atoms with Crippen molar-refractivity contribution in [2.24, 2.45) is 23.3 Å². The van der Waals surface area contributed by atoms with Crippen molar-refractivity contribution in [3.8, 4) is 0 Å².